The standard InChI is InChI=1S/C13H10FN3O2S/c14-9-3-1-8(2-4-9)5-11-16-17-7-10(6-12(18)19)15-13(17)20-11/h1-4,7H,5-6H2,(H,18,19). The number of rotatable bonds is 4. The summed E-state index contributed by atoms with van der Waals surface area (Å²) in [6.07, 6.45) is 2.11. The minimum Gasteiger partial charge on any atom is -0.481 e. The van der Waals surface area contributed by atoms with Gasteiger partial charge in [0.2, 0.25) is 4.96 Å². The van der Waals surface area contributed by atoms with Crippen LogP contribution in [-0.2, 0) is 17.6 Å². The number of carboxylic acid groups (broad SMARTS) is 1. The van der Waals surface area contributed by atoms with Gasteiger partial charge in [0.15, 0.2) is 0 Å². The molecular formula is C13H10FN3O2S. The zero-order chi connectivity index (χ0) is 14.1. The highest BCUT2D eigenvalue weighted by Crippen LogP contribution is 2.18. The Morgan fingerprint density at radius 3 is 2.75 bits per heavy atom. The van der Waals surface area contributed by atoms with Crippen LogP contribution in [0.4, 0.5) is 4.39 Å². The van der Waals surface area contributed by atoms with Crippen LogP contribution in [0, 0.1) is 5.82 Å². The highest BCUT2D eigenvalue weighted by molar-refractivity contribution is 7.16. The minimum atomic E-state index is -0.915. The molecule has 0 aliphatic carbocycles. The molecule has 5 nitrogen and oxygen atoms in total. The molecule has 0 spiro atoms. The molecular weight excluding hydrogens is 281 g/mol. The van der Waals surface area contributed by atoms with Crippen LogP contribution < -0.4 is 0 Å². The van der Waals surface area contributed by atoms with E-state index in [1.807, 2.05) is 0 Å². The number of fused-ring (bicyclic) bond motifs is 1. The maximum absolute atomic E-state index is 12.8. The Kier molecular flexibility index (Phi) is 3.19. The fraction of sp³-hybridized carbons (Fsp3) is 0.154. The zero-order valence-electron chi connectivity index (χ0n) is 10.3. The first-order chi connectivity index (χ1) is 9.60. The van der Waals surface area contributed by atoms with Crippen LogP contribution in [0.2, 0.25) is 0 Å². The molecule has 0 fully saturated rings. The van der Waals surface area contributed by atoms with Crippen LogP contribution in [0.25, 0.3) is 4.96 Å². The van der Waals surface area contributed by atoms with Crippen LogP contribution in [0.1, 0.15) is 16.3 Å². The number of hydrogen-bond acceptors (Lipinski definition) is 4. The number of hydrogen-bond donors (Lipinski definition) is 1. The van der Waals surface area contributed by atoms with Gasteiger partial charge in [0.1, 0.15) is 10.8 Å². The summed E-state index contributed by atoms with van der Waals surface area (Å²) in [7, 11) is 0. The fourth-order valence-electron chi connectivity index (χ4n) is 1.87. The van der Waals surface area contributed by atoms with Crippen molar-refractivity contribution in [1.29, 1.82) is 0 Å². The lowest BCUT2D eigenvalue weighted by molar-refractivity contribution is -0.136. The van der Waals surface area contributed by atoms with E-state index in [4.69, 9.17) is 5.11 Å². The summed E-state index contributed by atoms with van der Waals surface area (Å²) in [5, 5.41) is 13.9. The first kappa shape index (κ1) is 12.7. The van der Waals surface area contributed by atoms with Crippen LogP contribution in [-0.4, -0.2) is 25.7 Å². The number of halogens is 1. The average Bonchev–Trinajstić information content (AvgIpc) is 2.89. The van der Waals surface area contributed by atoms with Crippen LogP contribution in [0.5, 0.6) is 0 Å². The van der Waals surface area contributed by atoms with E-state index in [0.29, 0.717) is 17.1 Å². The molecule has 0 bridgehead atoms. The lowest BCUT2D eigenvalue weighted by atomic mass is 10.2. The maximum atomic E-state index is 12.8. The average molecular weight is 291 g/mol. The van der Waals surface area contributed by atoms with E-state index >= 15 is 0 Å². The van der Waals surface area contributed by atoms with Crippen molar-refractivity contribution >= 4 is 22.3 Å². The Balaban J connectivity index is 1.81. The molecule has 3 aromatic rings. The number of aliphatic carboxylic acids is 1. The van der Waals surface area contributed by atoms with E-state index in [9.17, 15) is 9.18 Å². The topological polar surface area (TPSA) is 67.5 Å². The van der Waals surface area contributed by atoms with Gasteiger partial charge in [0, 0.05) is 6.42 Å². The normalized spacial score (nSPS) is 11.1. The Labute approximate surface area is 117 Å². The molecule has 0 saturated carbocycles. The Hall–Kier alpha value is -2.28. The van der Waals surface area contributed by atoms with Crippen LogP contribution in [0.15, 0.2) is 30.5 Å². The minimum absolute atomic E-state index is 0.108. The van der Waals surface area contributed by atoms with Gasteiger partial charge in [-0.1, -0.05) is 23.5 Å². The predicted octanol–water partition coefficient (Wildman–Crippen LogP) is 2.15. The quantitative estimate of drug-likeness (QED) is 0.799. The lowest BCUT2D eigenvalue weighted by Crippen LogP contribution is -2.00. The second-order valence-corrected chi connectivity index (χ2v) is 5.37. The predicted molar refractivity (Wildman–Crippen MR) is 71.4 cm³/mol. The number of carboxylic acids is 1. The number of nitrogens with zero attached hydrogens (tertiary/aromatic N) is 3. The van der Waals surface area contributed by atoms with Gasteiger partial charge in [-0.05, 0) is 17.7 Å². The second-order valence-electron chi connectivity index (χ2n) is 4.33. The van der Waals surface area contributed by atoms with E-state index in [1.54, 1.807) is 22.8 Å². The van der Waals surface area contributed by atoms with Crippen molar-refractivity contribution in [3.63, 3.8) is 0 Å². The van der Waals surface area contributed by atoms with Gasteiger partial charge in [-0.2, -0.15) is 5.10 Å². The van der Waals surface area contributed by atoms with Crippen LogP contribution in [0.3, 0.4) is 0 Å². The molecule has 0 atom stereocenters. The first-order valence-corrected chi connectivity index (χ1v) is 6.72. The van der Waals surface area contributed by atoms with Gasteiger partial charge in [-0.3, -0.25) is 4.79 Å². The maximum Gasteiger partial charge on any atom is 0.309 e. The van der Waals surface area contributed by atoms with E-state index < -0.39 is 5.97 Å². The van der Waals surface area contributed by atoms with Gasteiger partial charge in [-0.25, -0.2) is 13.9 Å². The fourth-order valence-corrected chi connectivity index (χ4v) is 2.80. The Bertz CT molecular complexity index is 732. The van der Waals surface area contributed by atoms with Gasteiger partial charge in [-0.15, -0.1) is 0 Å². The van der Waals surface area contributed by atoms with E-state index in [-0.39, 0.29) is 12.2 Å². The number of aromatic nitrogens is 3. The van der Waals surface area contributed by atoms with Crippen molar-refractivity contribution in [3.05, 3.63) is 52.5 Å². The third kappa shape index (κ3) is 2.67. The van der Waals surface area contributed by atoms with Crippen molar-refractivity contribution in [1.82, 2.24) is 14.6 Å². The van der Waals surface area contributed by atoms with E-state index in [0.717, 1.165) is 10.6 Å². The third-order valence-corrected chi connectivity index (χ3v) is 3.66. The molecule has 0 aliphatic rings. The molecule has 0 saturated heterocycles. The van der Waals surface area contributed by atoms with Gasteiger partial charge < -0.3 is 5.11 Å². The largest absolute Gasteiger partial charge is 0.481 e. The Morgan fingerprint density at radius 1 is 1.35 bits per heavy atom. The van der Waals surface area contributed by atoms with Crippen molar-refractivity contribution in [2.45, 2.75) is 12.8 Å². The first-order valence-electron chi connectivity index (χ1n) is 5.90. The monoisotopic (exact) mass is 291 g/mol. The van der Waals surface area contributed by atoms with Crippen molar-refractivity contribution in [2.24, 2.45) is 0 Å². The molecule has 7 heteroatoms. The summed E-state index contributed by atoms with van der Waals surface area (Å²) in [4.78, 5) is 15.5. The molecule has 0 unspecified atom stereocenters. The smallest absolute Gasteiger partial charge is 0.309 e. The van der Waals surface area contributed by atoms with Gasteiger partial charge in [0.25, 0.3) is 0 Å². The molecule has 102 valence electrons. The summed E-state index contributed by atoms with van der Waals surface area (Å²) in [6.45, 7) is 0. The summed E-state index contributed by atoms with van der Waals surface area (Å²) in [6, 6.07) is 6.27. The highest BCUT2D eigenvalue weighted by atomic mass is 32.1. The lowest BCUT2D eigenvalue weighted by Gasteiger charge is -1.96. The van der Waals surface area contributed by atoms with Crippen LogP contribution >= 0.6 is 11.3 Å². The summed E-state index contributed by atoms with van der Waals surface area (Å²) < 4.78 is 14.4. The van der Waals surface area contributed by atoms with E-state index in [1.165, 1.54) is 23.5 Å². The molecule has 1 N–H and O–H groups in total. The molecule has 3 rings (SSSR count). The second kappa shape index (κ2) is 5.01. The van der Waals surface area contributed by atoms with Crippen molar-refractivity contribution in [3.8, 4) is 0 Å². The highest BCUT2D eigenvalue weighted by Gasteiger charge is 2.11. The summed E-state index contributed by atoms with van der Waals surface area (Å²) in [5.41, 5.74) is 1.46. The molecule has 2 aromatic heterocycles. The number of imidazole rings is 1. The molecule has 1 aromatic carbocycles. The van der Waals surface area contributed by atoms with Crippen molar-refractivity contribution in [2.75, 3.05) is 0 Å². The summed E-state index contributed by atoms with van der Waals surface area (Å²) >= 11 is 1.40. The third-order valence-electron chi connectivity index (χ3n) is 2.74. The summed E-state index contributed by atoms with van der Waals surface area (Å²) in [5.74, 6) is -1.18. The number of carbonyl (C=O) groups is 1. The number of benzene rings is 1. The molecule has 0 aliphatic heterocycles. The Morgan fingerprint density at radius 2 is 2.10 bits per heavy atom. The van der Waals surface area contributed by atoms with Gasteiger partial charge >= 0.3 is 5.97 Å². The zero-order valence-corrected chi connectivity index (χ0v) is 11.1. The molecule has 20 heavy (non-hydrogen) atoms. The van der Waals surface area contributed by atoms with E-state index in [2.05, 4.69) is 10.1 Å². The molecule has 0 amide bonds. The van der Waals surface area contributed by atoms with Crippen molar-refractivity contribution < 1.29 is 14.3 Å². The molecule has 2 heterocycles. The SMILES string of the molecule is O=C(O)Cc1cn2nc(Cc3ccc(F)cc3)sc2n1. The molecule has 0 radical (unpaired) electrons. The van der Waals surface area contributed by atoms with Gasteiger partial charge in [0.05, 0.1) is 18.3 Å².